The molecule has 0 aliphatic carbocycles. The molecule has 144 valence electrons. The number of hydrogen-bond donors (Lipinski definition) is 2. The van der Waals surface area contributed by atoms with Crippen molar-refractivity contribution in [2.45, 2.75) is 17.7 Å². The minimum Gasteiger partial charge on any atom is -0.478 e. The normalized spacial score (nSPS) is 11.2. The molecule has 28 heavy (non-hydrogen) atoms. The minimum absolute atomic E-state index is 0.159. The standard InChI is InChI=1S/C21H18FNO4S/c22-17-7-4-9-19(14-17)28(26,27)23-18-8-3-5-15(13-18)11-12-16-6-1-2-10-20(16)21(24)25/h1-10,13-14,23H,11-12H2,(H,24,25). The highest BCUT2D eigenvalue weighted by Crippen LogP contribution is 2.19. The fourth-order valence-electron chi connectivity index (χ4n) is 2.86. The van der Waals surface area contributed by atoms with E-state index >= 15 is 0 Å². The SMILES string of the molecule is O=C(O)c1ccccc1CCc1cccc(NS(=O)(=O)c2cccc(F)c2)c1. The van der Waals surface area contributed by atoms with Crippen LogP contribution in [0.4, 0.5) is 10.1 Å². The molecule has 0 amide bonds. The quantitative estimate of drug-likeness (QED) is 0.626. The van der Waals surface area contributed by atoms with Gasteiger partial charge in [-0.05, 0) is 60.4 Å². The molecule has 0 aromatic heterocycles. The largest absolute Gasteiger partial charge is 0.478 e. The molecule has 0 saturated carbocycles. The van der Waals surface area contributed by atoms with Crippen molar-refractivity contribution < 1.29 is 22.7 Å². The van der Waals surface area contributed by atoms with Crippen LogP contribution in [0.15, 0.2) is 77.7 Å². The molecule has 0 radical (unpaired) electrons. The average Bonchev–Trinajstić information content (AvgIpc) is 2.66. The number of rotatable bonds is 7. The highest BCUT2D eigenvalue weighted by atomic mass is 32.2. The van der Waals surface area contributed by atoms with E-state index < -0.39 is 21.8 Å². The van der Waals surface area contributed by atoms with E-state index in [4.69, 9.17) is 0 Å². The molecule has 7 heteroatoms. The number of carboxylic acid groups (broad SMARTS) is 1. The number of hydrogen-bond acceptors (Lipinski definition) is 3. The van der Waals surface area contributed by atoms with E-state index in [1.54, 1.807) is 42.5 Å². The van der Waals surface area contributed by atoms with Crippen molar-refractivity contribution in [3.8, 4) is 0 Å². The van der Waals surface area contributed by atoms with Crippen LogP contribution in [0, 0.1) is 5.82 Å². The Hall–Kier alpha value is -3.19. The molecular weight excluding hydrogens is 381 g/mol. The van der Waals surface area contributed by atoms with E-state index in [-0.39, 0.29) is 10.5 Å². The summed E-state index contributed by atoms with van der Waals surface area (Å²) in [6.45, 7) is 0. The van der Waals surface area contributed by atoms with Crippen LogP contribution in [-0.2, 0) is 22.9 Å². The Bertz CT molecular complexity index is 1110. The van der Waals surface area contributed by atoms with E-state index in [9.17, 15) is 22.7 Å². The van der Waals surface area contributed by atoms with E-state index in [0.717, 1.165) is 11.6 Å². The van der Waals surface area contributed by atoms with Gasteiger partial charge in [0.25, 0.3) is 10.0 Å². The molecule has 0 heterocycles. The summed E-state index contributed by atoms with van der Waals surface area (Å²) in [5.74, 6) is -1.61. The lowest BCUT2D eigenvalue weighted by Gasteiger charge is -2.10. The molecular formula is C21H18FNO4S. The first-order valence-corrected chi connectivity index (χ1v) is 10.0. The molecule has 5 nitrogen and oxygen atoms in total. The van der Waals surface area contributed by atoms with Gasteiger partial charge in [0.05, 0.1) is 10.5 Å². The predicted octanol–water partition coefficient (Wildman–Crippen LogP) is 4.11. The molecule has 0 spiro atoms. The Morgan fingerprint density at radius 2 is 1.68 bits per heavy atom. The van der Waals surface area contributed by atoms with Crippen LogP contribution in [0.1, 0.15) is 21.5 Å². The average molecular weight is 399 g/mol. The number of halogens is 1. The van der Waals surface area contributed by atoms with Gasteiger partial charge in [-0.25, -0.2) is 17.6 Å². The topological polar surface area (TPSA) is 83.5 Å². The maximum Gasteiger partial charge on any atom is 0.335 e. The van der Waals surface area contributed by atoms with Crippen molar-refractivity contribution in [1.29, 1.82) is 0 Å². The van der Waals surface area contributed by atoms with Gasteiger partial charge in [-0.3, -0.25) is 4.72 Å². The molecule has 0 aliphatic rings. The van der Waals surface area contributed by atoms with Crippen molar-refractivity contribution in [3.63, 3.8) is 0 Å². The van der Waals surface area contributed by atoms with Crippen LogP contribution < -0.4 is 4.72 Å². The lowest BCUT2D eigenvalue weighted by Crippen LogP contribution is -2.13. The van der Waals surface area contributed by atoms with Gasteiger partial charge in [0.15, 0.2) is 0 Å². The molecule has 0 saturated heterocycles. The van der Waals surface area contributed by atoms with E-state index in [2.05, 4.69) is 4.72 Å². The number of aromatic carboxylic acids is 1. The predicted molar refractivity (Wildman–Crippen MR) is 104 cm³/mol. The van der Waals surface area contributed by atoms with Crippen LogP contribution in [-0.4, -0.2) is 19.5 Å². The van der Waals surface area contributed by atoms with Crippen LogP contribution in [0.25, 0.3) is 0 Å². The summed E-state index contributed by atoms with van der Waals surface area (Å²) in [7, 11) is -3.91. The second-order valence-electron chi connectivity index (χ2n) is 6.23. The zero-order valence-electron chi connectivity index (χ0n) is 14.8. The van der Waals surface area contributed by atoms with Crippen LogP contribution in [0.2, 0.25) is 0 Å². The lowest BCUT2D eigenvalue weighted by atomic mass is 10.00. The van der Waals surface area contributed by atoms with Crippen LogP contribution in [0.3, 0.4) is 0 Å². The Labute approximate surface area is 162 Å². The maximum atomic E-state index is 13.3. The second-order valence-corrected chi connectivity index (χ2v) is 7.91. The number of benzene rings is 3. The number of sulfonamides is 1. The fraction of sp³-hybridized carbons (Fsp3) is 0.0952. The summed E-state index contributed by atoms with van der Waals surface area (Å²) in [5.41, 5.74) is 2.17. The lowest BCUT2D eigenvalue weighted by molar-refractivity contribution is 0.0695. The number of carbonyl (C=O) groups is 1. The highest BCUT2D eigenvalue weighted by Gasteiger charge is 2.15. The molecule has 2 N–H and O–H groups in total. The minimum atomic E-state index is -3.91. The monoisotopic (exact) mass is 399 g/mol. The maximum absolute atomic E-state index is 13.3. The summed E-state index contributed by atoms with van der Waals surface area (Å²) >= 11 is 0. The second kappa shape index (κ2) is 8.22. The molecule has 3 aromatic carbocycles. The number of nitrogens with one attached hydrogen (secondary N) is 1. The smallest absolute Gasteiger partial charge is 0.335 e. The zero-order valence-corrected chi connectivity index (χ0v) is 15.6. The van der Waals surface area contributed by atoms with Gasteiger partial charge in [-0.2, -0.15) is 0 Å². The molecule has 3 aromatic rings. The first-order chi connectivity index (χ1) is 13.3. The summed E-state index contributed by atoms with van der Waals surface area (Å²) in [4.78, 5) is 11.1. The number of anilines is 1. The van der Waals surface area contributed by atoms with E-state index in [0.29, 0.717) is 24.1 Å². The molecule has 0 bridgehead atoms. The fourth-order valence-corrected chi connectivity index (χ4v) is 3.95. The third-order valence-corrected chi connectivity index (χ3v) is 5.60. The van der Waals surface area contributed by atoms with Gasteiger partial charge in [0.2, 0.25) is 0 Å². The summed E-state index contributed by atoms with van der Waals surface area (Å²) < 4.78 is 40.6. The van der Waals surface area contributed by atoms with Gasteiger partial charge in [-0.1, -0.05) is 36.4 Å². The molecule has 3 rings (SSSR count). The van der Waals surface area contributed by atoms with Gasteiger partial charge in [0, 0.05) is 5.69 Å². The molecule has 0 aliphatic heterocycles. The first kappa shape index (κ1) is 19.6. The van der Waals surface area contributed by atoms with Crippen LogP contribution in [0.5, 0.6) is 0 Å². The highest BCUT2D eigenvalue weighted by molar-refractivity contribution is 7.92. The Balaban J connectivity index is 1.75. The molecule has 0 atom stereocenters. The summed E-state index contributed by atoms with van der Waals surface area (Å²) in [6.07, 6.45) is 1.04. The molecule has 0 fully saturated rings. The Morgan fingerprint density at radius 3 is 2.43 bits per heavy atom. The van der Waals surface area contributed by atoms with E-state index in [1.165, 1.54) is 18.2 Å². The van der Waals surface area contributed by atoms with Gasteiger partial charge in [-0.15, -0.1) is 0 Å². The van der Waals surface area contributed by atoms with Crippen molar-refractivity contribution in [2.75, 3.05) is 4.72 Å². The van der Waals surface area contributed by atoms with E-state index in [1.807, 2.05) is 6.07 Å². The van der Waals surface area contributed by atoms with Crippen molar-refractivity contribution in [3.05, 3.63) is 95.3 Å². The Morgan fingerprint density at radius 1 is 0.929 bits per heavy atom. The summed E-state index contributed by atoms with van der Waals surface area (Å²) in [6, 6.07) is 18.4. The Kier molecular flexibility index (Phi) is 5.75. The van der Waals surface area contributed by atoms with Crippen molar-refractivity contribution >= 4 is 21.7 Å². The number of aryl methyl sites for hydroxylation is 2. The summed E-state index contributed by atoms with van der Waals surface area (Å²) in [5, 5.41) is 9.26. The van der Waals surface area contributed by atoms with Gasteiger partial charge >= 0.3 is 5.97 Å². The zero-order chi connectivity index (χ0) is 20.1. The van der Waals surface area contributed by atoms with Gasteiger partial charge in [0.1, 0.15) is 5.82 Å². The number of carboxylic acids is 1. The first-order valence-electron chi connectivity index (χ1n) is 8.54. The van der Waals surface area contributed by atoms with Crippen LogP contribution >= 0.6 is 0 Å². The molecule has 0 unspecified atom stereocenters. The van der Waals surface area contributed by atoms with Crippen molar-refractivity contribution in [1.82, 2.24) is 0 Å². The van der Waals surface area contributed by atoms with Gasteiger partial charge < -0.3 is 5.11 Å². The third kappa shape index (κ3) is 4.75. The third-order valence-electron chi connectivity index (χ3n) is 4.22. The van der Waals surface area contributed by atoms with Crippen molar-refractivity contribution in [2.24, 2.45) is 0 Å².